The van der Waals surface area contributed by atoms with Gasteiger partial charge in [0.05, 0.1) is 0 Å². The van der Waals surface area contributed by atoms with Crippen LogP contribution in [0.3, 0.4) is 0 Å². The summed E-state index contributed by atoms with van der Waals surface area (Å²) in [6.45, 7) is 0. The normalized spacial score (nSPS) is 10.4. The van der Waals surface area contributed by atoms with Crippen molar-refractivity contribution in [1.29, 1.82) is 0 Å². The lowest BCUT2D eigenvalue weighted by Gasteiger charge is -2.01. The first-order valence-corrected chi connectivity index (χ1v) is 3.72. The molecule has 0 saturated carbocycles. The Morgan fingerprint density at radius 3 is 3.08 bits per heavy atom. The fourth-order valence-electron chi connectivity index (χ4n) is 1.24. The number of hydrogen-bond acceptors (Lipinski definition) is 3. The maximum atomic E-state index is 5.74. The Morgan fingerprint density at radius 1 is 1.50 bits per heavy atom. The van der Waals surface area contributed by atoms with E-state index in [0.717, 1.165) is 16.7 Å². The second-order valence-electron chi connectivity index (χ2n) is 2.55. The van der Waals surface area contributed by atoms with E-state index < -0.39 is 0 Å². The van der Waals surface area contributed by atoms with Gasteiger partial charge < -0.3 is 11.2 Å². The van der Waals surface area contributed by atoms with Crippen molar-refractivity contribution in [2.45, 2.75) is 0 Å². The van der Waals surface area contributed by atoms with Crippen LogP contribution < -0.4 is 11.2 Å². The quantitative estimate of drug-likeness (QED) is 0.651. The predicted molar refractivity (Wildman–Crippen MR) is 49.4 cm³/mol. The summed E-state index contributed by atoms with van der Waals surface area (Å²) in [7, 11) is 1.84. The van der Waals surface area contributed by atoms with Gasteiger partial charge in [0.15, 0.2) is 5.65 Å². The molecule has 0 amide bonds. The minimum Gasteiger partial charge on any atom is -0.398 e. The van der Waals surface area contributed by atoms with Crippen LogP contribution in [0.4, 0.5) is 5.69 Å². The summed E-state index contributed by atoms with van der Waals surface area (Å²) < 4.78 is 1.83. The van der Waals surface area contributed by atoms with Crippen molar-refractivity contribution in [1.82, 2.24) is 9.66 Å². The Balaban J connectivity index is 2.80. The molecule has 0 aliphatic heterocycles. The molecule has 0 spiro atoms. The van der Waals surface area contributed by atoms with Gasteiger partial charge in [-0.3, -0.25) is 0 Å². The van der Waals surface area contributed by atoms with Crippen molar-refractivity contribution in [3.63, 3.8) is 0 Å². The molecular formula is C8H10N4. The second kappa shape index (κ2) is 2.41. The van der Waals surface area contributed by atoms with Gasteiger partial charge in [-0.05, 0) is 12.1 Å². The fraction of sp³-hybridized carbons (Fsp3) is 0.125. The molecule has 62 valence electrons. The summed E-state index contributed by atoms with van der Waals surface area (Å²) in [5.41, 5.74) is 10.3. The summed E-state index contributed by atoms with van der Waals surface area (Å²) in [4.78, 5) is 4.19. The monoisotopic (exact) mass is 162 g/mol. The number of nitrogens with two attached hydrogens (primary N) is 1. The summed E-state index contributed by atoms with van der Waals surface area (Å²) in [5, 5.41) is 0.979. The third-order valence-electron chi connectivity index (χ3n) is 1.86. The number of fused-ring (bicyclic) bond motifs is 1. The van der Waals surface area contributed by atoms with Crippen molar-refractivity contribution in [2.75, 3.05) is 18.2 Å². The van der Waals surface area contributed by atoms with Crippen molar-refractivity contribution in [2.24, 2.45) is 0 Å². The third-order valence-corrected chi connectivity index (χ3v) is 1.86. The van der Waals surface area contributed by atoms with Gasteiger partial charge in [0.25, 0.3) is 0 Å². The van der Waals surface area contributed by atoms with Crippen LogP contribution in [0, 0.1) is 0 Å². The maximum absolute atomic E-state index is 5.74. The number of anilines is 1. The summed E-state index contributed by atoms with van der Waals surface area (Å²) in [5.74, 6) is 0. The number of rotatable bonds is 1. The molecule has 0 radical (unpaired) electrons. The molecule has 0 aromatic carbocycles. The highest BCUT2D eigenvalue weighted by molar-refractivity contribution is 5.88. The molecule has 2 heterocycles. The van der Waals surface area contributed by atoms with E-state index in [0.29, 0.717) is 0 Å². The molecule has 4 heteroatoms. The van der Waals surface area contributed by atoms with Crippen LogP contribution in [0.2, 0.25) is 0 Å². The minimum atomic E-state index is 0.758. The van der Waals surface area contributed by atoms with Crippen LogP contribution in [0.1, 0.15) is 0 Å². The van der Waals surface area contributed by atoms with Gasteiger partial charge in [-0.15, -0.1) is 0 Å². The molecule has 2 rings (SSSR count). The number of hydrogen-bond donors (Lipinski definition) is 2. The highest BCUT2D eigenvalue weighted by atomic mass is 15.4. The van der Waals surface area contributed by atoms with E-state index in [1.165, 1.54) is 0 Å². The predicted octanol–water partition coefficient (Wildman–Crippen LogP) is 0.792. The van der Waals surface area contributed by atoms with E-state index in [1.807, 2.05) is 24.0 Å². The molecule has 2 aromatic heterocycles. The average Bonchev–Trinajstić information content (AvgIpc) is 2.49. The van der Waals surface area contributed by atoms with E-state index in [1.54, 1.807) is 12.3 Å². The number of nitrogens with zero attached hydrogens (tertiary/aromatic N) is 2. The van der Waals surface area contributed by atoms with Crippen LogP contribution in [0.5, 0.6) is 0 Å². The molecule has 0 unspecified atom stereocenters. The van der Waals surface area contributed by atoms with Crippen molar-refractivity contribution in [3.8, 4) is 0 Å². The molecule has 0 saturated heterocycles. The first kappa shape index (κ1) is 6.97. The van der Waals surface area contributed by atoms with E-state index in [-0.39, 0.29) is 0 Å². The Morgan fingerprint density at radius 2 is 2.33 bits per heavy atom. The van der Waals surface area contributed by atoms with Crippen LogP contribution in [-0.4, -0.2) is 16.7 Å². The zero-order chi connectivity index (χ0) is 8.55. The highest BCUT2D eigenvalue weighted by Crippen LogP contribution is 2.17. The fourth-order valence-corrected chi connectivity index (χ4v) is 1.24. The topological polar surface area (TPSA) is 55.9 Å². The van der Waals surface area contributed by atoms with Gasteiger partial charge >= 0.3 is 0 Å². The zero-order valence-electron chi connectivity index (χ0n) is 6.78. The second-order valence-corrected chi connectivity index (χ2v) is 2.55. The molecular weight excluding hydrogens is 152 g/mol. The van der Waals surface area contributed by atoms with Gasteiger partial charge in [0.1, 0.15) is 0 Å². The minimum absolute atomic E-state index is 0.758. The van der Waals surface area contributed by atoms with Gasteiger partial charge in [0, 0.05) is 30.5 Å². The lowest BCUT2D eigenvalue weighted by atomic mass is 10.3. The standard InChI is InChI=1S/C8H10N4/c1-10-12-5-3-6-7(9)2-4-11-8(6)12/h2-5,10H,1H3,(H2,9,11). The van der Waals surface area contributed by atoms with Crippen LogP contribution in [0.25, 0.3) is 11.0 Å². The SMILES string of the molecule is CNn1ccc2c(N)ccnc21. The molecule has 0 atom stereocenters. The maximum Gasteiger partial charge on any atom is 0.160 e. The molecule has 0 aliphatic rings. The number of pyridine rings is 1. The molecule has 0 fully saturated rings. The lowest BCUT2D eigenvalue weighted by molar-refractivity contribution is 0.957. The van der Waals surface area contributed by atoms with Gasteiger partial charge in [-0.25, -0.2) is 9.66 Å². The van der Waals surface area contributed by atoms with Crippen LogP contribution in [0.15, 0.2) is 24.5 Å². The van der Waals surface area contributed by atoms with Gasteiger partial charge in [-0.2, -0.15) is 0 Å². The van der Waals surface area contributed by atoms with Crippen molar-refractivity contribution in [3.05, 3.63) is 24.5 Å². The van der Waals surface area contributed by atoms with Gasteiger partial charge in [-0.1, -0.05) is 0 Å². The summed E-state index contributed by atoms with van der Waals surface area (Å²) >= 11 is 0. The highest BCUT2D eigenvalue weighted by Gasteiger charge is 2.01. The number of nitrogen functional groups attached to an aromatic ring is 1. The third kappa shape index (κ3) is 0.812. The Kier molecular flexibility index (Phi) is 1.40. The smallest absolute Gasteiger partial charge is 0.160 e. The Hall–Kier alpha value is -1.71. The Bertz CT molecular complexity index is 404. The Labute approximate surface area is 70.0 Å². The van der Waals surface area contributed by atoms with Crippen molar-refractivity contribution < 1.29 is 0 Å². The first-order chi connectivity index (χ1) is 5.83. The molecule has 0 bridgehead atoms. The van der Waals surface area contributed by atoms with Gasteiger partial charge in [0.2, 0.25) is 0 Å². The van der Waals surface area contributed by atoms with Crippen molar-refractivity contribution >= 4 is 16.7 Å². The molecule has 12 heavy (non-hydrogen) atoms. The van der Waals surface area contributed by atoms with Crippen LogP contribution >= 0.6 is 0 Å². The van der Waals surface area contributed by atoms with E-state index in [2.05, 4.69) is 10.4 Å². The molecule has 0 aliphatic carbocycles. The molecule has 2 aromatic rings. The average molecular weight is 162 g/mol. The van der Waals surface area contributed by atoms with E-state index in [4.69, 9.17) is 5.73 Å². The summed E-state index contributed by atoms with van der Waals surface area (Å²) in [6.07, 6.45) is 3.60. The lowest BCUT2D eigenvalue weighted by Crippen LogP contribution is -2.07. The largest absolute Gasteiger partial charge is 0.398 e. The molecule has 3 N–H and O–H groups in total. The van der Waals surface area contributed by atoms with E-state index >= 15 is 0 Å². The number of nitrogens with one attached hydrogen (secondary N) is 1. The molecule has 4 nitrogen and oxygen atoms in total. The number of aromatic nitrogens is 2. The van der Waals surface area contributed by atoms with E-state index in [9.17, 15) is 0 Å². The van der Waals surface area contributed by atoms with Crippen LogP contribution in [-0.2, 0) is 0 Å². The summed E-state index contributed by atoms with van der Waals surface area (Å²) in [6, 6.07) is 3.73. The first-order valence-electron chi connectivity index (χ1n) is 3.72. The zero-order valence-corrected chi connectivity index (χ0v) is 6.78.